The van der Waals surface area contributed by atoms with Gasteiger partial charge in [0.05, 0.1) is 26.4 Å². The molecule has 0 aromatic rings. The third kappa shape index (κ3) is 60.1. The number of aliphatic hydroxyl groups excluding tert-OH is 1. The van der Waals surface area contributed by atoms with Gasteiger partial charge < -0.3 is 33.8 Å². The molecule has 3 N–H and O–H groups in total. The second-order valence-corrected chi connectivity index (χ2v) is 28.9. The summed E-state index contributed by atoms with van der Waals surface area (Å²) < 4.78 is 68.1. The number of ether oxygens (including phenoxy) is 4. The predicted octanol–water partition coefficient (Wildman–Crippen LogP) is 18.9. The van der Waals surface area contributed by atoms with Gasteiger partial charge in [-0.3, -0.25) is 37.3 Å². The van der Waals surface area contributed by atoms with E-state index in [4.69, 9.17) is 37.0 Å². The van der Waals surface area contributed by atoms with Gasteiger partial charge in [-0.25, -0.2) is 9.13 Å². The summed E-state index contributed by atoms with van der Waals surface area (Å²) in [5.74, 6) is 0.820. The van der Waals surface area contributed by atoms with E-state index in [1.165, 1.54) is 135 Å². The Labute approximate surface area is 530 Å². The number of esters is 4. The molecule has 0 aliphatic heterocycles. The van der Waals surface area contributed by atoms with Crippen molar-refractivity contribution < 1.29 is 80.2 Å². The number of hydrogen-bond donors (Lipinski definition) is 3. The maximum absolute atomic E-state index is 13.0. The zero-order chi connectivity index (χ0) is 64.7. The lowest BCUT2D eigenvalue weighted by molar-refractivity contribution is -0.161. The number of hydrogen-bond acceptors (Lipinski definition) is 15. The van der Waals surface area contributed by atoms with Crippen LogP contribution in [-0.4, -0.2) is 96.7 Å². The molecule has 0 aliphatic carbocycles. The monoisotopic (exact) mass is 1280 g/mol. The van der Waals surface area contributed by atoms with Crippen molar-refractivity contribution in [1.82, 2.24) is 0 Å². The van der Waals surface area contributed by atoms with Crippen LogP contribution in [0.3, 0.4) is 0 Å². The first-order valence-electron chi connectivity index (χ1n) is 35.3. The number of carbonyl (C=O) groups is 4. The van der Waals surface area contributed by atoms with Crippen LogP contribution in [0.1, 0.15) is 331 Å². The van der Waals surface area contributed by atoms with Gasteiger partial charge in [0, 0.05) is 25.7 Å². The lowest BCUT2D eigenvalue weighted by atomic mass is 10.00. The molecule has 0 heterocycles. The number of phosphoric ester groups is 2. The van der Waals surface area contributed by atoms with Crippen LogP contribution in [-0.2, 0) is 65.4 Å². The van der Waals surface area contributed by atoms with Crippen molar-refractivity contribution in [3.05, 3.63) is 0 Å². The molecule has 5 unspecified atom stereocenters. The average molecular weight is 1280 g/mol. The van der Waals surface area contributed by atoms with Crippen molar-refractivity contribution in [2.24, 2.45) is 23.7 Å². The molecule has 516 valence electrons. The van der Waals surface area contributed by atoms with Gasteiger partial charge in [-0.2, -0.15) is 0 Å². The fourth-order valence-electron chi connectivity index (χ4n) is 10.1. The summed E-state index contributed by atoms with van der Waals surface area (Å²) in [6, 6.07) is 0. The second kappa shape index (κ2) is 57.9. The molecule has 17 nitrogen and oxygen atoms in total. The van der Waals surface area contributed by atoms with Gasteiger partial charge in [0.1, 0.15) is 19.3 Å². The van der Waals surface area contributed by atoms with E-state index in [1.807, 2.05) is 0 Å². The summed E-state index contributed by atoms with van der Waals surface area (Å²) in [4.78, 5) is 72.4. The minimum Gasteiger partial charge on any atom is -0.462 e. The molecule has 0 amide bonds. The standard InChI is InChI=1S/C68H132O17P2/c1-9-60(7)46-38-30-24-26-34-42-50-67(72)84-63(54-78-65(70)48-40-32-22-17-15-13-11-12-14-16-20-28-36-44-58(3)4)56-82-86(74,75)80-52-62(69)53-81-87(76,77)83-57-64(85-68(73)51-43-35-27-25-31-39-47-61(8)10-2)55-79-66(71)49-41-33-23-19-18-21-29-37-45-59(5)6/h58-64,69H,9-57H2,1-8H3,(H,74,75)(H,76,77)/t60?,61?,62?,63-,64-/m1/s1. The summed E-state index contributed by atoms with van der Waals surface area (Å²) in [7, 11) is -9.90. The molecule has 0 bridgehead atoms. The van der Waals surface area contributed by atoms with Gasteiger partial charge in [-0.15, -0.1) is 0 Å². The molecule has 0 spiro atoms. The van der Waals surface area contributed by atoms with Crippen molar-refractivity contribution in [2.45, 2.75) is 350 Å². The predicted molar refractivity (Wildman–Crippen MR) is 349 cm³/mol. The Morgan fingerprint density at radius 3 is 0.816 bits per heavy atom. The summed E-state index contributed by atoms with van der Waals surface area (Å²) in [6.07, 6.45) is 39.1. The Bertz CT molecular complexity index is 1730. The summed E-state index contributed by atoms with van der Waals surface area (Å²) in [5.41, 5.74) is 0. The van der Waals surface area contributed by atoms with Crippen molar-refractivity contribution in [3.8, 4) is 0 Å². The lowest BCUT2D eigenvalue weighted by Gasteiger charge is -2.21. The first kappa shape index (κ1) is 85.1. The third-order valence-corrected chi connectivity index (χ3v) is 18.2. The summed E-state index contributed by atoms with van der Waals surface area (Å²) in [5, 5.41) is 10.6. The Balaban J connectivity index is 5.22. The average Bonchev–Trinajstić information content (AvgIpc) is 3.61. The fraction of sp³-hybridized carbons (Fsp3) is 0.941. The molecule has 0 fully saturated rings. The van der Waals surface area contributed by atoms with E-state index in [9.17, 15) is 43.2 Å². The van der Waals surface area contributed by atoms with Crippen LogP contribution in [0.2, 0.25) is 0 Å². The van der Waals surface area contributed by atoms with Crippen LogP contribution in [0.25, 0.3) is 0 Å². The molecular weight excluding hydrogens is 1150 g/mol. The van der Waals surface area contributed by atoms with Gasteiger partial charge in [-0.1, -0.05) is 280 Å². The quantitative estimate of drug-likeness (QED) is 0.0222. The smallest absolute Gasteiger partial charge is 0.462 e. The maximum Gasteiger partial charge on any atom is 0.472 e. The van der Waals surface area contributed by atoms with Gasteiger partial charge in [0.15, 0.2) is 12.2 Å². The number of rotatable bonds is 65. The topological polar surface area (TPSA) is 237 Å². The zero-order valence-corrected chi connectivity index (χ0v) is 58.4. The van der Waals surface area contributed by atoms with Crippen molar-refractivity contribution in [3.63, 3.8) is 0 Å². The molecule has 0 rings (SSSR count). The zero-order valence-electron chi connectivity index (χ0n) is 56.6. The van der Waals surface area contributed by atoms with Crippen LogP contribution in [0.15, 0.2) is 0 Å². The Kier molecular flexibility index (Phi) is 56.6. The first-order valence-corrected chi connectivity index (χ1v) is 38.3. The van der Waals surface area contributed by atoms with Crippen LogP contribution in [0.4, 0.5) is 0 Å². The minimum atomic E-state index is -4.95. The summed E-state index contributed by atoms with van der Waals surface area (Å²) >= 11 is 0. The molecular formula is C68H132O17P2. The molecule has 19 heteroatoms. The first-order chi connectivity index (χ1) is 41.7. The highest BCUT2D eigenvalue weighted by Crippen LogP contribution is 2.45. The van der Waals surface area contributed by atoms with E-state index < -0.39 is 97.5 Å². The largest absolute Gasteiger partial charge is 0.472 e. The van der Waals surface area contributed by atoms with E-state index in [0.29, 0.717) is 25.7 Å². The van der Waals surface area contributed by atoms with E-state index in [2.05, 4.69) is 55.4 Å². The van der Waals surface area contributed by atoms with Gasteiger partial charge in [0.25, 0.3) is 0 Å². The molecule has 0 aromatic heterocycles. The Morgan fingerprint density at radius 2 is 0.552 bits per heavy atom. The van der Waals surface area contributed by atoms with Crippen molar-refractivity contribution in [2.75, 3.05) is 39.6 Å². The van der Waals surface area contributed by atoms with Crippen LogP contribution in [0.5, 0.6) is 0 Å². The Morgan fingerprint density at radius 1 is 0.322 bits per heavy atom. The third-order valence-electron chi connectivity index (χ3n) is 16.3. The molecule has 87 heavy (non-hydrogen) atoms. The normalized spacial score (nSPS) is 15.0. The molecule has 0 radical (unpaired) electrons. The van der Waals surface area contributed by atoms with Crippen molar-refractivity contribution >= 4 is 39.5 Å². The maximum atomic E-state index is 13.0. The van der Waals surface area contributed by atoms with E-state index in [-0.39, 0.29) is 25.7 Å². The number of carbonyl (C=O) groups excluding carboxylic acids is 4. The molecule has 0 aromatic carbocycles. The summed E-state index contributed by atoms with van der Waals surface area (Å²) in [6.45, 7) is 14.0. The SMILES string of the molecule is CCC(C)CCCCCCCCC(=O)O[C@H](COC(=O)CCCCCCCCCCCCCCCC(C)C)COP(=O)(O)OCC(O)COP(=O)(O)OC[C@@H](COC(=O)CCCCCCCCCCC(C)C)OC(=O)CCCCCCCCC(C)CC. The Hall–Kier alpha value is -1.94. The van der Waals surface area contributed by atoms with Gasteiger partial charge in [0.2, 0.25) is 0 Å². The van der Waals surface area contributed by atoms with Crippen LogP contribution < -0.4 is 0 Å². The number of aliphatic hydroxyl groups is 1. The number of unbranched alkanes of at least 4 members (excludes halogenated alkanes) is 29. The highest BCUT2D eigenvalue weighted by Gasteiger charge is 2.30. The highest BCUT2D eigenvalue weighted by atomic mass is 31.2. The molecule has 7 atom stereocenters. The van der Waals surface area contributed by atoms with Crippen LogP contribution in [0, 0.1) is 23.7 Å². The van der Waals surface area contributed by atoms with E-state index in [0.717, 1.165) is 114 Å². The van der Waals surface area contributed by atoms with Crippen LogP contribution >= 0.6 is 15.6 Å². The highest BCUT2D eigenvalue weighted by molar-refractivity contribution is 7.47. The lowest BCUT2D eigenvalue weighted by Crippen LogP contribution is -2.30. The molecule has 0 aliphatic rings. The van der Waals surface area contributed by atoms with Gasteiger partial charge in [-0.05, 0) is 49.4 Å². The fourth-order valence-corrected chi connectivity index (χ4v) is 11.7. The molecule has 0 saturated heterocycles. The van der Waals surface area contributed by atoms with E-state index >= 15 is 0 Å². The molecule has 0 saturated carbocycles. The van der Waals surface area contributed by atoms with Gasteiger partial charge >= 0.3 is 39.5 Å². The minimum absolute atomic E-state index is 0.102. The number of phosphoric acid groups is 2. The van der Waals surface area contributed by atoms with E-state index in [1.54, 1.807) is 0 Å². The second-order valence-electron chi connectivity index (χ2n) is 26.0. The van der Waals surface area contributed by atoms with Crippen molar-refractivity contribution in [1.29, 1.82) is 0 Å².